The minimum absolute atomic E-state index is 0.0699. The first-order valence-corrected chi connectivity index (χ1v) is 8.40. The van der Waals surface area contributed by atoms with E-state index in [-0.39, 0.29) is 11.4 Å². The van der Waals surface area contributed by atoms with Gasteiger partial charge in [-0.1, -0.05) is 42.5 Å². The largest absolute Gasteiger partial charge is 0.357 e. The van der Waals surface area contributed by atoms with Crippen LogP contribution in [0.25, 0.3) is 22.4 Å². The molecule has 0 saturated carbocycles. The summed E-state index contributed by atoms with van der Waals surface area (Å²) in [6.07, 6.45) is 0. The van der Waals surface area contributed by atoms with Crippen molar-refractivity contribution in [2.75, 3.05) is 5.32 Å². The van der Waals surface area contributed by atoms with Crippen LogP contribution < -0.4 is 5.32 Å². The van der Waals surface area contributed by atoms with E-state index in [0.717, 1.165) is 10.7 Å². The van der Waals surface area contributed by atoms with E-state index in [1.165, 1.54) is 11.3 Å². The number of hydrogen-bond acceptors (Lipinski definition) is 3. The molecule has 3 aromatic rings. The molecule has 1 aromatic heterocycles. The number of halogens is 1. The lowest BCUT2D eigenvalue weighted by atomic mass is 10.0. The first-order chi connectivity index (χ1) is 10.9. The second kappa shape index (κ2) is 6.13. The van der Waals surface area contributed by atoms with Crippen LogP contribution in [-0.4, -0.2) is 10.5 Å². The van der Waals surface area contributed by atoms with Gasteiger partial charge in [0.15, 0.2) is 5.13 Å². The van der Waals surface area contributed by atoms with Crippen molar-refractivity contribution in [3.05, 3.63) is 59.7 Å². The lowest BCUT2D eigenvalue weighted by Gasteiger charge is -2.19. The number of benzene rings is 2. The normalized spacial score (nSPS) is 11.5. The fourth-order valence-corrected chi connectivity index (χ4v) is 3.27. The van der Waals surface area contributed by atoms with Gasteiger partial charge in [-0.15, -0.1) is 11.3 Å². The van der Waals surface area contributed by atoms with Gasteiger partial charge in [0.05, 0.1) is 5.69 Å². The topological polar surface area (TPSA) is 24.9 Å². The summed E-state index contributed by atoms with van der Waals surface area (Å²) >= 11 is 1.49. The molecular weight excluding hydrogens is 307 g/mol. The lowest BCUT2D eigenvalue weighted by molar-refractivity contribution is 0.632. The number of rotatable bonds is 3. The minimum atomic E-state index is -0.230. The Kier molecular flexibility index (Phi) is 4.18. The van der Waals surface area contributed by atoms with Gasteiger partial charge in [0, 0.05) is 22.0 Å². The Morgan fingerprint density at radius 2 is 1.65 bits per heavy atom. The van der Waals surface area contributed by atoms with Crippen molar-refractivity contribution in [3.8, 4) is 22.4 Å². The molecular formula is C19H19FN2S. The van der Waals surface area contributed by atoms with Gasteiger partial charge in [0.1, 0.15) is 5.82 Å². The maximum absolute atomic E-state index is 14.9. The molecule has 2 aromatic carbocycles. The second-order valence-electron chi connectivity index (χ2n) is 6.45. The molecule has 0 aliphatic heterocycles. The van der Waals surface area contributed by atoms with Crippen molar-refractivity contribution in [1.29, 1.82) is 0 Å². The molecule has 0 unspecified atom stereocenters. The monoisotopic (exact) mass is 326 g/mol. The van der Waals surface area contributed by atoms with E-state index in [9.17, 15) is 4.39 Å². The van der Waals surface area contributed by atoms with E-state index in [2.05, 4.69) is 31.1 Å². The Morgan fingerprint density at radius 1 is 0.957 bits per heavy atom. The predicted octanol–water partition coefficient (Wildman–Crippen LogP) is 5.83. The van der Waals surface area contributed by atoms with Gasteiger partial charge in [0.2, 0.25) is 0 Å². The third kappa shape index (κ3) is 3.59. The van der Waals surface area contributed by atoms with Crippen LogP contribution in [0.3, 0.4) is 0 Å². The summed E-state index contributed by atoms with van der Waals surface area (Å²) in [6.45, 7) is 6.22. The van der Waals surface area contributed by atoms with Crippen molar-refractivity contribution in [2.24, 2.45) is 0 Å². The summed E-state index contributed by atoms with van der Waals surface area (Å²) in [5.74, 6) is -0.230. The third-order valence-electron chi connectivity index (χ3n) is 3.35. The van der Waals surface area contributed by atoms with Crippen molar-refractivity contribution >= 4 is 16.5 Å². The highest BCUT2D eigenvalue weighted by atomic mass is 32.1. The molecule has 1 N–H and O–H groups in total. The van der Waals surface area contributed by atoms with Crippen LogP contribution in [-0.2, 0) is 0 Å². The summed E-state index contributed by atoms with van der Waals surface area (Å²) in [6, 6.07) is 15.0. The van der Waals surface area contributed by atoms with Gasteiger partial charge in [-0.25, -0.2) is 9.37 Å². The molecule has 0 fully saturated rings. The number of nitrogens with one attached hydrogen (secondary N) is 1. The zero-order valence-corrected chi connectivity index (χ0v) is 14.2. The fourth-order valence-electron chi connectivity index (χ4n) is 2.35. The van der Waals surface area contributed by atoms with E-state index < -0.39 is 0 Å². The first-order valence-electron chi connectivity index (χ1n) is 7.52. The molecule has 3 rings (SSSR count). The summed E-state index contributed by atoms with van der Waals surface area (Å²) in [5, 5.41) is 6.01. The second-order valence-corrected chi connectivity index (χ2v) is 7.30. The molecule has 4 heteroatoms. The number of thiazole rings is 1. The van der Waals surface area contributed by atoms with Gasteiger partial charge in [-0.05, 0) is 32.4 Å². The number of nitrogens with zero attached hydrogens (tertiary/aromatic N) is 1. The van der Waals surface area contributed by atoms with Crippen molar-refractivity contribution < 1.29 is 4.39 Å². The van der Waals surface area contributed by atoms with E-state index in [4.69, 9.17) is 0 Å². The molecule has 23 heavy (non-hydrogen) atoms. The first kappa shape index (κ1) is 15.7. The highest BCUT2D eigenvalue weighted by molar-refractivity contribution is 7.14. The maximum Gasteiger partial charge on any atom is 0.183 e. The Labute approximate surface area is 140 Å². The van der Waals surface area contributed by atoms with Crippen molar-refractivity contribution in [2.45, 2.75) is 26.3 Å². The average Bonchev–Trinajstić information content (AvgIpc) is 2.94. The smallest absolute Gasteiger partial charge is 0.183 e. The van der Waals surface area contributed by atoms with E-state index >= 15 is 0 Å². The van der Waals surface area contributed by atoms with Gasteiger partial charge in [-0.2, -0.15) is 0 Å². The Hall–Kier alpha value is -2.20. The van der Waals surface area contributed by atoms with E-state index in [0.29, 0.717) is 16.8 Å². The summed E-state index contributed by atoms with van der Waals surface area (Å²) in [7, 11) is 0. The quantitative estimate of drug-likeness (QED) is 0.655. The third-order valence-corrected chi connectivity index (χ3v) is 4.10. The van der Waals surface area contributed by atoms with Crippen LogP contribution >= 0.6 is 11.3 Å². The molecule has 118 valence electrons. The highest BCUT2D eigenvalue weighted by Gasteiger charge is 2.16. The lowest BCUT2D eigenvalue weighted by Crippen LogP contribution is -2.25. The summed E-state index contributed by atoms with van der Waals surface area (Å²) in [4.78, 5) is 4.53. The summed E-state index contributed by atoms with van der Waals surface area (Å²) < 4.78 is 14.9. The molecule has 0 bridgehead atoms. The SMILES string of the molecule is CC(C)(C)Nc1nc(-c2cccc(-c3ccccc3)c2F)cs1. The van der Waals surface area contributed by atoms with Crippen LogP contribution in [0, 0.1) is 5.82 Å². The molecule has 0 aliphatic carbocycles. The Morgan fingerprint density at radius 3 is 2.35 bits per heavy atom. The average molecular weight is 326 g/mol. The standard InChI is InChI=1S/C19H19FN2S/c1-19(2,3)22-18-21-16(12-23-18)15-11-7-10-14(17(15)20)13-8-5-4-6-9-13/h4-12H,1-3H3,(H,21,22). The van der Waals surface area contributed by atoms with E-state index in [1.807, 2.05) is 41.8 Å². The molecule has 0 spiro atoms. The molecule has 1 heterocycles. The molecule has 2 nitrogen and oxygen atoms in total. The number of hydrogen-bond donors (Lipinski definition) is 1. The van der Waals surface area contributed by atoms with Crippen LogP contribution in [0.1, 0.15) is 20.8 Å². The maximum atomic E-state index is 14.9. The zero-order valence-electron chi connectivity index (χ0n) is 13.4. The predicted molar refractivity (Wildman–Crippen MR) is 96.3 cm³/mol. The molecule has 0 aliphatic rings. The van der Waals surface area contributed by atoms with Crippen molar-refractivity contribution in [3.63, 3.8) is 0 Å². The van der Waals surface area contributed by atoms with Gasteiger partial charge >= 0.3 is 0 Å². The Bertz CT molecular complexity index is 804. The highest BCUT2D eigenvalue weighted by Crippen LogP contribution is 2.33. The van der Waals surface area contributed by atoms with Gasteiger partial charge in [-0.3, -0.25) is 0 Å². The fraction of sp³-hybridized carbons (Fsp3) is 0.211. The van der Waals surface area contributed by atoms with Crippen LogP contribution in [0.15, 0.2) is 53.9 Å². The molecule has 0 radical (unpaired) electrons. The zero-order chi connectivity index (χ0) is 16.4. The number of anilines is 1. The van der Waals surface area contributed by atoms with Crippen LogP contribution in [0.4, 0.5) is 9.52 Å². The molecule has 0 amide bonds. The van der Waals surface area contributed by atoms with Gasteiger partial charge < -0.3 is 5.32 Å². The van der Waals surface area contributed by atoms with Gasteiger partial charge in [0.25, 0.3) is 0 Å². The summed E-state index contributed by atoms with van der Waals surface area (Å²) in [5.41, 5.74) is 2.60. The van der Waals surface area contributed by atoms with Crippen LogP contribution in [0.5, 0.6) is 0 Å². The molecule has 0 saturated heterocycles. The molecule has 0 atom stereocenters. The Balaban J connectivity index is 1.98. The van der Waals surface area contributed by atoms with Crippen LogP contribution in [0.2, 0.25) is 0 Å². The number of aromatic nitrogens is 1. The van der Waals surface area contributed by atoms with Crippen molar-refractivity contribution in [1.82, 2.24) is 4.98 Å². The minimum Gasteiger partial charge on any atom is -0.357 e. The van der Waals surface area contributed by atoms with E-state index in [1.54, 1.807) is 12.1 Å².